The first-order valence-corrected chi connectivity index (χ1v) is 6.99. The molecule has 0 saturated carbocycles. The van der Waals surface area contributed by atoms with E-state index in [4.69, 9.17) is 15.2 Å². The number of rotatable bonds is 8. The van der Waals surface area contributed by atoms with Gasteiger partial charge >= 0.3 is 0 Å². The van der Waals surface area contributed by atoms with Crippen molar-refractivity contribution in [3.63, 3.8) is 0 Å². The number of nitrogens with two attached hydrogens (primary N) is 1. The van der Waals surface area contributed by atoms with Gasteiger partial charge < -0.3 is 20.1 Å². The maximum absolute atomic E-state index is 6.07. The van der Waals surface area contributed by atoms with Crippen LogP contribution in [0.2, 0.25) is 0 Å². The quantitative estimate of drug-likeness (QED) is 0.788. The van der Waals surface area contributed by atoms with E-state index in [0.29, 0.717) is 24.0 Å². The van der Waals surface area contributed by atoms with Gasteiger partial charge in [-0.2, -0.15) is 0 Å². The standard InChI is InChI=1S/C15H27N3O2/c1-11(2)12(16)7-9-18(3)10-13-15(20-5)14(19-4)6-8-17-13/h6,8,11-12H,7,9-10,16H2,1-5H3. The van der Waals surface area contributed by atoms with E-state index in [1.165, 1.54) is 0 Å². The molecule has 1 heterocycles. The lowest BCUT2D eigenvalue weighted by Gasteiger charge is -2.22. The Morgan fingerprint density at radius 2 is 2.00 bits per heavy atom. The first-order chi connectivity index (χ1) is 9.49. The van der Waals surface area contributed by atoms with E-state index in [1.807, 2.05) is 0 Å². The molecule has 0 bridgehead atoms. The SMILES string of the molecule is COc1ccnc(CN(C)CCC(N)C(C)C)c1OC. The first kappa shape index (κ1) is 16.7. The van der Waals surface area contributed by atoms with Crippen molar-refractivity contribution in [3.8, 4) is 11.5 Å². The van der Waals surface area contributed by atoms with Crippen LogP contribution in [-0.2, 0) is 6.54 Å². The molecule has 5 heteroatoms. The molecule has 1 aromatic heterocycles. The molecule has 2 N–H and O–H groups in total. The van der Waals surface area contributed by atoms with Crippen LogP contribution in [0.1, 0.15) is 26.0 Å². The van der Waals surface area contributed by atoms with Gasteiger partial charge in [-0.25, -0.2) is 0 Å². The van der Waals surface area contributed by atoms with Gasteiger partial charge in [0.05, 0.1) is 14.2 Å². The Kier molecular flexibility index (Phi) is 6.75. The van der Waals surface area contributed by atoms with Crippen molar-refractivity contribution in [2.75, 3.05) is 27.8 Å². The second kappa shape index (κ2) is 8.07. The molecule has 1 rings (SSSR count). The van der Waals surface area contributed by atoms with Crippen LogP contribution in [0.3, 0.4) is 0 Å². The minimum absolute atomic E-state index is 0.234. The largest absolute Gasteiger partial charge is 0.493 e. The molecule has 1 aromatic rings. The zero-order valence-electron chi connectivity index (χ0n) is 13.2. The minimum Gasteiger partial charge on any atom is -0.493 e. The molecule has 0 amide bonds. The van der Waals surface area contributed by atoms with Gasteiger partial charge in [0, 0.05) is 24.8 Å². The number of methoxy groups -OCH3 is 2. The average Bonchev–Trinajstić information content (AvgIpc) is 2.44. The fourth-order valence-corrected chi connectivity index (χ4v) is 2.00. The lowest BCUT2D eigenvalue weighted by atomic mass is 10.0. The van der Waals surface area contributed by atoms with Crippen molar-refractivity contribution in [1.29, 1.82) is 0 Å². The molecule has 0 saturated heterocycles. The van der Waals surface area contributed by atoms with Crippen LogP contribution in [0.25, 0.3) is 0 Å². The Hall–Kier alpha value is -1.33. The fourth-order valence-electron chi connectivity index (χ4n) is 2.00. The van der Waals surface area contributed by atoms with E-state index in [9.17, 15) is 0 Å². The van der Waals surface area contributed by atoms with E-state index in [0.717, 1.165) is 18.7 Å². The number of pyridine rings is 1. The van der Waals surface area contributed by atoms with Crippen LogP contribution in [0.15, 0.2) is 12.3 Å². The molecule has 20 heavy (non-hydrogen) atoms. The van der Waals surface area contributed by atoms with E-state index >= 15 is 0 Å². The summed E-state index contributed by atoms with van der Waals surface area (Å²) in [6, 6.07) is 2.04. The highest BCUT2D eigenvalue weighted by molar-refractivity contribution is 5.42. The summed E-state index contributed by atoms with van der Waals surface area (Å²) in [4.78, 5) is 6.58. The lowest BCUT2D eigenvalue weighted by Crippen LogP contribution is -2.31. The third-order valence-corrected chi connectivity index (χ3v) is 3.49. The molecule has 0 spiro atoms. The first-order valence-electron chi connectivity index (χ1n) is 6.99. The monoisotopic (exact) mass is 281 g/mol. The summed E-state index contributed by atoms with van der Waals surface area (Å²) in [5.41, 5.74) is 6.95. The van der Waals surface area contributed by atoms with Crippen molar-refractivity contribution >= 4 is 0 Å². The van der Waals surface area contributed by atoms with Crippen LogP contribution in [0, 0.1) is 5.92 Å². The van der Waals surface area contributed by atoms with Crippen LogP contribution >= 0.6 is 0 Å². The Morgan fingerprint density at radius 3 is 2.55 bits per heavy atom. The number of ether oxygens (including phenoxy) is 2. The van der Waals surface area contributed by atoms with E-state index < -0.39 is 0 Å². The maximum Gasteiger partial charge on any atom is 0.183 e. The predicted molar refractivity (Wildman–Crippen MR) is 81.1 cm³/mol. The Bertz CT molecular complexity index is 410. The van der Waals surface area contributed by atoms with Crippen molar-refractivity contribution in [2.45, 2.75) is 32.9 Å². The van der Waals surface area contributed by atoms with Gasteiger partial charge in [0.2, 0.25) is 0 Å². The molecule has 0 radical (unpaired) electrons. The average molecular weight is 281 g/mol. The Labute approximate surface area is 122 Å². The minimum atomic E-state index is 0.234. The maximum atomic E-state index is 6.07. The molecule has 114 valence electrons. The molecule has 1 atom stereocenters. The van der Waals surface area contributed by atoms with Gasteiger partial charge in [-0.15, -0.1) is 0 Å². The summed E-state index contributed by atoms with van der Waals surface area (Å²) in [7, 11) is 5.33. The summed E-state index contributed by atoms with van der Waals surface area (Å²) < 4.78 is 10.7. The Morgan fingerprint density at radius 1 is 1.30 bits per heavy atom. The zero-order chi connectivity index (χ0) is 15.1. The molecule has 0 fully saturated rings. The van der Waals surface area contributed by atoms with Crippen LogP contribution in [0.5, 0.6) is 11.5 Å². The molecule has 1 unspecified atom stereocenters. The second-order valence-corrected chi connectivity index (χ2v) is 5.43. The number of hydrogen-bond donors (Lipinski definition) is 1. The van der Waals surface area contributed by atoms with E-state index in [1.54, 1.807) is 26.5 Å². The molecule has 0 aliphatic rings. The van der Waals surface area contributed by atoms with Crippen molar-refractivity contribution in [2.24, 2.45) is 11.7 Å². The lowest BCUT2D eigenvalue weighted by molar-refractivity contribution is 0.283. The summed E-state index contributed by atoms with van der Waals surface area (Å²) in [6.07, 6.45) is 2.71. The highest BCUT2D eigenvalue weighted by Crippen LogP contribution is 2.29. The van der Waals surface area contributed by atoms with Crippen LogP contribution in [0.4, 0.5) is 0 Å². The molecule has 5 nitrogen and oxygen atoms in total. The van der Waals surface area contributed by atoms with Gasteiger partial charge in [0.25, 0.3) is 0 Å². The summed E-state index contributed by atoms with van der Waals surface area (Å²) in [5.74, 6) is 1.92. The third-order valence-electron chi connectivity index (χ3n) is 3.49. The predicted octanol–water partition coefficient (Wildman–Crippen LogP) is 1.90. The van der Waals surface area contributed by atoms with Crippen LogP contribution in [-0.4, -0.2) is 43.7 Å². The van der Waals surface area contributed by atoms with Gasteiger partial charge in [0.1, 0.15) is 5.69 Å². The van der Waals surface area contributed by atoms with Crippen LogP contribution < -0.4 is 15.2 Å². The molecular weight excluding hydrogens is 254 g/mol. The second-order valence-electron chi connectivity index (χ2n) is 5.43. The van der Waals surface area contributed by atoms with Gasteiger partial charge in [-0.1, -0.05) is 13.8 Å². The summed E-state index contributed by atoms with van der Waals surface area (Å²) in [6.45, 7) is 5.95. The topological polar surface area (TPSA) is 60.6 Å². The third kappa shape index (κ3) is 4.65. The number of nitrogens with zero attached hydrogens (tertiary/aromatic N) is 2. The van der Waals surface area contributed by atoms with E-state index in [2.05, 4.69) is 30.8 Å². The van der Waals surface area contributed by atoms with Crippen molar-refractivity contribution in [1.82, 2.24) is 9.88 Å². The number of aromatic nitrogens is 1. The molecule has 0 aliphatic heterocycles. The number of hydrogen-bond acceptors (Lipinski definition) is 5. The van der Waals surface area contributed by atoms with Gasteiger partial charge in [-0.3, -0.25) is 4.98 Å². The Balaban J connectivity index is 2.64. The van der Waals surface area contributed by atoms with E-state index in [-0.39, 0.29) is 6.04 Å². The zero-order valence-corrected chi connectivity index (χ0v) is 13.2. The highest BCUT2D eigenvalue weighted by atomic mass is 16.5. The smallest absolute Gasteiger partial charge is 0.183 e. The van der Waals surface area contributed by atoms with Gasteiger partial charge in [0.15, 0.2) is 11.5 Å². The molecule has 0 aromatic carbocycles. The van der Waals surface area contributed by atoms with Gasteiger partial charge in [-0.05, 0) is 25.9 Å². The normalized spacial score (nSPS) is 12.8. The highest BCUT2D eigenvalue weighted by Gasteiger charge is 2.14. The summed E-state index contributed by atoms with van der Waals surface area (Å²) in [5, 5.41) is 0. The molecular formula is C15H27N3O2. The fraction of sp³-hybridized carbons (Fsp3) is 0.667. The summed E-state index contributed by atoms with van der Waals surface area (Å²) >= 11 is 0. The molecule has 0 aliphatic carbocycles. The van der Waals surface area contributed by atoms with Crippen molar-refractivity contribution < 1.29 is 9.47 Å². The van der Waals surface area contributed by atoms with Crippen molar-refractivity contribution in [3.05, 3.63) is 18.0 Å².